The number of nitrogens with zero attached hydrogens (tertiary/aromatic N) is 2. The SMILES string of the molecule is O=C(OCc1cc(-c2ccc3c(c2)OCCO3)on1)c1ccc(S(=O)(=O)N2CCCC2)cc1. The average Bonchev–Trinajstić information content (AvgIpc) is 3.55. The van der Waals surface area contributed by atoms with Crippen LogP contribution in [0.5, 0.6) is 11.5 Å². The highest BCUT2D eigenvalue weighted by Gasteiger charge is 2.27. The van der Waals surface area contributed by atoms with E-state index in [1.54, 1.807) is 12.1 Å². The van der Waals surface area contributed by atoms with E-state index in [0.29, 0.717) is 49.3 Å². The van der Waals surface area contributed by atoms with E-state index < -0.39 is 16.0 Å². The van der Waals surface area contributed by atoms with E-state index in [4.69, 9.17) is 18.7 Å². The van der Waals surface area contributed by atoms with Gasteiger partial charge in [0.05, 0.1) is 10.5 Å². The molecule has 33 heavy (non-hydrogen) atoms. The number of benzene rings is 2. The van der Waals surface area contributed by atoms with Gasteiger partial charge >= 0.3 is 5.97 Å². The van der Waals surface area contributed by atoms with Crippen molar-refractivity contribution in [3.05, 3.63) is 59.8 Å². The van der Waals surface area contributed by atoms with Crippen molar-refractivity contribution < 1.29 is 31.9 Å². The van der Waals surface area contributed by atoms with Crippen LogP contribution in [0.15, 0.2) is 57.9 Å². The van der Waals surface area contributed by atoms with Gasteiger partial charge in [0.1, 0.15) is 25.5 Å². The van der Waals surface area contributed by atoms with Crippen LogP contribution in [0.4, 0.5) is 0 Å². The van der Waals surface area contributed by atoms with Gasteiger partial charge in [0.15, 0.2) is 17.3 Å². The van der Waals surface area contributed by atoms with Gasteiger partial charge < -0.3 is 18.7 Å². The zero-order chi connectivity index (χ0) is 22.8. The van der Waals surface area contributed by atoms with E-state index in [-0.39, 0.29) is 17.1 Å². The standard InChI is InChI=1S/C23H22N2O7S/c26-23(16-3-6-19(7-4-16)33(27,28)25-9-1-2-10-25)31-15-18-14-21(32-24-18)17-5-8-20-22(13-17)30-12-11-29-20/h3-8,13-14H,1-2,9-12,15H2. The fraction of sp³-hybridized carbons (Fsp3) is 0.304. The molecule has 0 radical (unpaired) electrons. The van der Waals surface area contributed by atoms with Gasteiger partial charge in [-0.2, -0.15) is 4.31 Å². The Labute approximate surface area is 190 Å². The van der Waals surface area contributed by atoms with Crippen molar-refractivity contribution in [1.29, 1.82) is 0 Å². The molecule has 3 aromatic rings. The lowest BCUT2D eigenvalue weighted by atomic mass is 10.1. The first-order valence-corrected chi connectivity index (χ1v) is 12.1. The summed E-state index contributed by atoms with van der Waals surface area (Å²) in [5, 5.41) is 3.95. The number of hydrogen-bond donors (Lipinski definition) is 0. The lowest BCUT2D eigenvalue weighted by Gasteiger charge is -2.18. The molecular formula is C23H22N2O7S. The highest BCUT2D eigenvalue weighted by atomic mass is 32.2. The predicted octanol–water partition coefficient (Wildman–Crippen LogP) is 3.25. The summed E-state index contributed by atoms with van der Waals surface area (Å²) in [7, 11) is -3.52. The quantitative estimate of drug-likeness (QED) is 0.505. The van der Waals surface area contributed by atoms with Gasteiger partial charge in [0, 0.05) is 24.7 Å². The monoisotopic (exact) mass is 470 g/mol. The van der Waals surface area contributed by atoms with Crippen LogP contribution in [0.1, 0.15) is 28.9 Å². The minimum absolute atomic E-state index is 0.0826. The summed E-state index contributed by atoms with van der Waals surface area (Å²) in [6.07, 6.45) is 1.73. The smallest absolute Gasteiger partial charge is 0.338 e. The van der Waals surface area contributed by atoms with Crippen LogP contribution >= 0.6 is 0 Å². The molecule has 2 aliphatic heterocycles. The molecule has 0 saturated carbocycles. The Bertz CT molecular complexity index is 1260. The molecule has 9 nitrogen and oxygen atoms in total. The lowest BCUT2D eigenvalue weighted by molar-refractivity contribution is 0.0464. The van der Waals surface area contributed by atoms with Crippen LogP contribution in [0.25, 0.3) is 11.3 Å². The highest BCUT2D eigenvalue weighted by molar-refractivity contribution is 7.89. The number of fused-ring (bicyclic) bond motifs is 1. The van der Waals surface area contributed by atoms with Gasteiger partial charge in [0.25, 0.3) is 0 Å². The minimum Gasteiger partial charge on any atom is -0.486 e. The third-order valence-electron chi connectivity index (χ3n) is 5.53. The molecule has 0 bridgehead atoms. The molecule has 10 heteroatoms. The number of ether oxygens (including phenoxy) is 3. The third-order valence-corrected chi connectivity index (χ3v) is 7.44. The molecule has 2 aromatic carbocycles. The number of hydrogen-bond acceptors (Lipinski definition) is 8. The molecule has 1 fully saturated rings. The molecule has 0 unspecified atom stereocenters. The van der Waals surface area contributed by atoms with Gasteiger partial charge in [-0.3, -0.25) is 0 Å². The van der Waals surface area contributed by atoms with E-state index in [1.807, 2.05) is 12.1 Å². The molecule has 1 aromatic heterocycles. The largest absolute Gasteiger partial charge is 0.486 e. The summed E-state index contributed by atoms with van der Waals surface area (Å²) in [5.74, 6) is 1.25. The van der Waals surface area contributed by atoms with Crippen LogP contribution < -0.4 is 9.47 Å². The number of rotatable bonds is 6. The third kappa shape index (κ3) is 4.44. The van der Waals surface area contributed by atoms with Crippen molar-refractivity contribution in [3.8, 4) is 22.8 Å². The van der Waals surface area contributed by atoms with E-state index in [0.717, 1.165) is 18.4 Å². The summed E-state index contributed by atoms with van der Waals surface area (Å²) in [4.78, 5) is 12.6. The Morgan fingerprint density at radius 1 is 0.970 bits per heavy atom. The molecule has 5 rings (SSSR count). The van der Waals surface area contributed by atoms with Crippen LogP contribution in [0, 0.1) is 0 Å². The Balaban J connectivity index is 1.21. The van der Waals surface area contributed by atoms with Gasteiger partial charge in [-0.25, -0.2) is 13.2 Å². The molecule has 0 N–H and O–H groups in total. The fourth-order valence-corrected chi connectivity index (χ4v) is 5.29. The van der Waals surface area contributed by atoms with E-state index >= 15 is 0 Å². The molecule has 0 amide bonds. The van der Waals surface area contributed by atoms with Gasteiger partial charge in [-0.15, -0.1) is 0 Å². The molecule has 3 heterocycles. The first-order chi connectivity index (χ1) is 16.0. The summed E-state index contributed by atoms with van der Waals surface area (Å²) < 4.78 is 48.4. The van der Waals surface area contributed by atoms with E-state index in [9.17, 15) is 13.2 Å². The van der Waals surface area contributed by atoms with Crippen molar-refractivity contribution in [2.75, 3.05) is 26.3 Å². The number of esters is 1. The van der Waals surface area contributed by atoms with Crippen molar-refractivity contribution in [3.63, 3.8) is 0 Å². The summed E-state index contributed by atoms with van der Waals surface area (Å²) in [6, 6.07) is 12.9. The van der Waals surface area contributed by atoms with Crippen molar-refractivity contribution in [2.24, 2.45) is 0 Å². The molecular weight excluding hydrogens is 448 g/mol. The van der Waals surface area contributed by atoms with Crippen LogP contribution in [-0.4, -0.2) is 50.2 Å². The van der Waals surface area contributed by atoms with E-state index in [1.165, 1.54) is 28.6 Å². The molecule has 2 aliphatic rings. The second-order valence-corrected chi connectivity index (χ2v) is 9.69. The zero-order valence-corrected chi connectivity index (χ0v) is 18.5. The lowest BCUT2D eigenvalue weighted by Crippen LogP contribution is -2.27. The minimum atomic E-state index is -3.52. The average molecular weight is 471 g/mol. The Morgan fingerprint density at radius 3 is 2.45 bits per heavy atom. The molecule has 0 atom stereocenters. The first kappa shape index (κ1) is 21.5. The van der Waals surface area contributed by atoms with Gasteiger partial charge in [-0.05, 0) is 55.3 Å². The number of aromatic nitrogens is 1. The fourth-order valence-electron chi connectivity index (χ4n) is 3.78. The molecule has 0 spiro atoms. The van der Waals surface area contributed by atoms with Gasteiger partial charge in [-0.1, -0.05) is 5.16 Å². The van der Waals surface area contributed by atoms with Crippen LogP contribution in [0.3, 0.4) is 0 Å². The number of sulfonamides is 1. The molecule has 172 valence electrons. The number of carbonyl (C=O) groups excluding carboxylic acids is 1. The first-order valence-electron chi connectivity index (χ1n) is 10.6. The Hall–Kier alpha value is -3.37. The highest BCUT2D eigenvalue weighted by Crippen LogP contribution is 2.34. The van der Waals surface area contributed by atoms with Crippen LogP contribution in [-0.2, 0) is 21.4 Å². The predicted molar refractivity (Wildman–Crippen MR) is 116 cm³/mol. The second-order valence-electron chi connectivity index (χ2n) is 7.75. The maximum Gasteiger partial charge on any atom is 0.338 e. The normalized spacial score (nSPS) is 16.0. The maximum atomic E-state index is 12.6. The van der Waals surface area contributed by atoms with Crippen molar-refractivity contribution in [1.82, 2.24) is 9.46 Å². The number of carbonyl (C=O) groups is 1. The van der Waals surface area contributed by atoms with Crippen molar-refractivity contribution in [2.45, 2.75) is 24.3 Å². The Morgan fingerprint density at radius 2 is 1.70 bits per heavy atom. The summed E-state index contributed by atoms with van der Waals surface area (Å²) >= 11 is 0. The Kier molecular flexibility index (Phi) is 5.77. The summed E-state index contributed by atoms with van der Waals surface area (Å²) in [5.41, 5.74) is 1.46. The molecule has 0 aliphatic carbocycles. The summed E-state index contributed by atoms with van der Waals surface area (Å²) in [6.45, 7) is 1.97. The van der Waals surface area contributed by atoms with Crippen LogP contribution in [0.2, 0.25) is 0 Å². The van der Waals surface area contributed by atoms with Gasteiger partial charge in [0.2, 0.25) is 10.0 Å². The topological polar surface area (TPSA) is 108 Å². The van der Waals surface area contributed by atoms with Crippen molar-refractivity contribution >= 4 is 16.0 Å². The second kappa shape index (κ2) is 8.87. The zero-order valence-electron chi connectivity index (χ0n) is 17.7. The van der Waals surface area contributed by atoms with E-state index in [2.05, 4.69) is 5.16 Å². The maximum absolute atomic E-state index is 12.6. The molecule has 1 saturated heterocycles.